The summed E-state index contributed by atoms with van der Waals surface area (Å²) >= 11 is 1.25. The van der Waals surface area contributed by atoms with Crippen LogP contribution in [0, 0.1) is 20.8 Å². The molecular weight excluding hydrogens is 462 g/mol. The molecule has 4 rings (SSSR count). The molecule has 0 aliphatic carbocycles. The smallest absolute Gasteiger partial charge is 0.266 e. The third-order valence-corrected chi connectivity index (χ3v) is 6.98. The summed E-state index contributed by atoms with van der Waals surface area (Å²) in [4.78, 5) is 31.6. The average Bonchev–Trinajstić information content (AvgIpc) is 3.14. The second-order valence-corrected chi connectivity index (χ2v) is 9.31. The van der Waals surface area contributed by atoms with Crippen LogP contribution in [0.4, 0.5) is 0 Å². The Labute approximate surface area is 208 Å². The monoisotopic (exact) mass is 491 g/mol. The van der Waals surface area contributed by atoms with Gasteiger partial charge in [0.25, 0.3) is 5.56 Å². The van der Waals surface area contributed by atoms with Crippen molar-refractivity contribution in [1.29, 1.82) is 0 Å². The lowest BCUT2D eigenvalue weighted by Gasteiger charge is -2.16. The number of nitrogens with zero attached hydrogens (tertiary/aromatic N) is 3. The molecule has 0 bridgehead atoms. The lowest BCUT2D eigenvalue weighted by molar-refractivity contribution is 0.102. The van der Waals surface area contributed by atoms with Gasteiger partial charge in [0.2, 0.25) is 0 Å². The average molecular weight is 492 g/mol. The van der Waals surface area contributed by atoms with Crippen molar-refractivity contribution in [3.8, 4) is 11.4 Å². The first-order valence-electron chi connectivity index (χ1n) is 11.3. The first-order valence-corrected chi connectivity index (χ1v) is 12.3. The van der Waals surface area contributed by atoms with E-state index in [1.165, 1.54) is 11.8 Å². The number of rotatable bonds is 9. The molecule has 0 spiro atoms. The van der Waals surface area contributed by atoms with Gasteiger partial charge in [-0.2, -0.15) is 0 Å². The van der Waals surface area contributed by atoms with Crippen molar-refractivity contribution >= 4 is 28.4 Å². The Kier molecular flexibility index (Phi) is 7.42. The molecule has 4 aromatic rings. The fourth-order valence-electron chi connectivity index (χ4n) is 4.21. The van der Waals surface area contributed by atoms with E-state index in [9.17, 15) is 9.59 Å². The van der Waals surface area contributed by atoms with Gasteiger partial charge >= 0.3 is 0 Å². The summed E-state index contributed by atoms with van der Waals surface area (Å²) in [7, 11) is 3.24. The third kappa shape index (κ3) is 4.90. The molecule has 2 aromatic carbocycles. The predicted octanol–water partition coefficient (Wildman–Crippen LogP) is 4.74. The van der Waals surface area contributed by atoms with Crippen LogP contribution < -0.4 is 10.3 Å². The van der Waals surface area contributed by atoms with Crippen LogP contribution in [-0.4, -0.2) is 46.5 Å². The van der Waals surface area contributed by atoms with Crippen LogP contribution in [0.2, 0.25) is 0 Å². The highest BCUT2D eigenvalue weighted by atomic mass is 32.2. The normalized spacial score (nSPS) is 11.2. The second kappa shape index (κ2) is 10.5. The summed E-state index contributed by atoms with van der Waals surface area (Å²) in [6, 6.07) is 14.8. The van der Waals surface area contributed by atoms with E-state index in [1.807, 2.05) is 63.2 Å². The highest BCUT2D eigenvalue weighted by Gasteiger charge is 2.20. The Morgan fingerprint density at radius 2 is 1.83 bits per heavy atom. The lowest BCUT2D eigenvalue weighted by atomic mass is 10.2. The van der Waals surface area contributed by atoms with Gasteiger partial charge < -0.3 is 14.0 Å². The van der Waals surface area contributed by atoms with Gasteiger partial charge in [0.15, 0.2) is 10.9 Å². The Morgan fingerprint density at radius 1 is 1.06 bits per heavy atom. The number of aromatic nitrogens is 3. The molecule has 0 atom stereocenters. The maximum absolute atomic E-state index is 13.6. The minimum atomic E-state index is -0.202. The van der Waals surface area contributed by atoms with E-state index in [-0.39, 0.29) is 17.1 Å². The van der Waals surface area contributed by atoms with Gasteiger partial charge in [-0.3, -0.25) is 14.2 Å². The number of ether oxygens (including phenoxy) is 2. The number of aryl methyl sites for hydroxylation is 2. The van der Waals surface area contributed by atoms with Gasteiger partial charge in [0, 0.05) is 30.6 Å². The molecule has 0 fully saturated rings. The molecule has 0 N–H and O–H groups in total. The molecule has 2 heterocycles. The van der Waals surface area contributed by atoms with Crippen molar-refractivity contribution in [3.05, 3.63) is 81.4 Å². The third-order valence-electron chi connectivity index (χ3n) is 6.05. The van der Waals surface area contributed by atoms with E-state index >= 15 is 0 Å². The predicted molar refractivity (Wildman–Crippen MR) is 139 cm³/mol. The van der Waals surface area contributed by atoms with Gasteiger partial charge in [-0.05, 0) is 56.7 Å². The summed E-state index contributed by atoms with van der Waals surface area (Å²) in [5.74, 6) is 0.689. The molecule has 2 aromatic heterocycles. The van der Waals surface area contributed by atoms with Gasteiger partial charge in [-0.25, -0.2) is 4.98 Å². The van der Waals surface area contributed by atoms with Crippen LogP contribution in [0.15, 0.2) is 58.5 Å². The van der Waals surface area contributed by atoms with Crippen molar-refractivity contribution in [2.24, 2.45) is 0 Å². The summed E-state index contributed by atoms with van der Waals surface area (Å²) in [6.45, 7) is 7.15. The minimum Gasteiger partial charge on any atom is -0.495 e. The highest BCUT2D eigenvalue weighted by molar-refractivity contribution is 7.99. The van der Waals surface area contributed by atoms with Crippen LogP contribution in [0.1, 0.15) is 27.3 Å². The van der Waals surface area contributed by atoms with E-state index < -0.39 is 0 Å². The summed E-state index contributed by atoms with van der Waals surface area (Å²) in [5.41, 5.74) is 4.57. The molecule has 0 saturated heterocycles. The fraction of sp³-hybridized carbons (Fsp3) is 0.296. The van der Waals surface area contributed by atoms with Crippen molar-refractivity contribution in [2.75, 3.05) is 26.6 Å². The van der Waals surface area contributed by atoms with Gasteiger partial charge in [-0.1, -0.05) is 30.0 Å². The standard InChI is InChI=1S/C27H29N3O4S/c1-17-10-11-25(34-5)23(14-17)30-26(32)20-8-6-7-9-22(20)28-27(30)35-16-24(31)21-15-18(2)29(19(21)3)12-13-33-4/h6-11,14-15H,12-13,16H2,1-5H3. The van der Waals surface area contributed by atoms with Gasteiger partial charge in [0.1, 0.15) is 5.75 Å². The molecule has 8 heteroatoms. The number of thioether (sulfide) groups is 1. The zero-order valence-corrected chi connectivity index (χ0v) is 21.4. The van der Waals surface area contributed by atoms with Crippen LogP contribution in [-0.2, 0) is 11.3 Å². The van der Waals surface area contributed by atoms with E-state index in [0.717, 1.165) is 17.0 Å². The van der Waals surface area contributed by atoms with Crippen molar-refractivity contribution in [1.82, 2.24) is 14.1 Å². The van der Waals surface area contributed by atoms with E-state index in [1.54, 1.807) is 24.9 Å². The van der Waals surface area contributed by atoms with Gasteiger partial charge in [-0.15, -0.1) is 0 Å². The Balaban J connectivity index is 1.75. The maximum atomic E-state index is 13.6. The number of benzene rings is 2. The van der Waals surface area contributed by atoms with Crippen molar-refractivity contribution in [3.63, 3.8) is 0 Å². The molecule has 0 aliphatic rings. The van der Waals surface area contributed by atoms with E-state index in [2.05, 4.69) is 4.57 Å². The number of para-hydroxylation sites is 1. The summed E-state index contributed by atoms with van der Waals surface area (Å²) in [6.07, 6.45) is 0. The summed E-state index contributed by atoms with van der Waals surface area (Å²) < 4.78 is 14.4. The molecule has 0 aliphatic heterocycles. The Bertz CT molecular complexity index is 1460. The lowest BCUT2D eigenvalue weighted by Crippen LogP contribution is -2.23. The van der Waals surface area contributed by atoms with Crippen LogP contribution in [0.25, 0.3) is 16.6 Å². The number of methoxy groups -OCH3 is 2. The topological polar surface area (TPSA) is 75.4 Å². The molecule has 0 saturated carbocycles. The maximum Gasteiger partial charge on any atom is 0.266 e. The molecule has 0 unspecified atom stereocenters. The molecular formula is C27H29N3O4S. The number of hydrogen-bond donors (Lipinski definition) is 0. The number of ketones is 1. The Morgan fingerprint density at radius 3 is 2.57 bits per heavy atom. The van der Waals surface area contributed by atoms with Crippen LogP contribution >= 0.6 is 11.8 Å². The molecule has 0 amide bonds. The molecule has 182 valence electrons. The number of carbonyl (C=O) groups is 1. The molecule has 0 radical (unpaired) electrons. The quantitative estimate of drug-likeness (QED) is 0.191. The van der Waals surface area contributed by atoms with Gasteiger partial charge in [0.05, 0.1) is 36.1 Å². The number of carbonyl (C=O) groups excluding carboxylic acids is 1. The fourth-order valence-corrected chi connectivity index (χ4v) is 5.10. The number of Topliss-reactive ketones (excluding diaryl/α,β-unsaturated/α-hetero) is 1. The second-order valence-electron chi connectivity index (χ2n) is 8.37. The first kappa shape index (κ1) is 24.8. The molecule has 35 heavy (non-hydrogen) atoms. The zero-order valence-electron chi connectivity index (χ0n) is 20.6. The van der Waals surface area contributed by atoms with Crippen molar-refractivity contribution in [2.45, 2.75) is 32.5 Å². The zero-order chi connectivity index (χ0) is 25.1. The minimum absolute atomic E-state index is 0.0167. The summed E-state index contributed by atoms with van der Waals surface area (Å²) in [5, 5.41) is 0.951. The molecule has 7 nitrogen and oxygen atoms in total. The number of hydrogen-bond acceptors (Lipinski definition) is 6. The number of fused-ring (bicyclic) bond motifs is 1. The first-order chi connectivity index (χ1) is 16.8. The van der Waals surface area contributed by atoms with Crippen LogP contribution in [0.3, 0.4) is 0 Å². The largest absolute Gasteiger partial charge is 0.495 e. The van der Waals surface area contributed by atoms with E-state index in [4.69, 9.17) is 14.5 Å². The van der Waals surface area contributed by atoms with Crippen LogP contribution in [0.5, 0.6) is 5.75 Å². The highest BCUT2D eigenvalue weighted by Crippen LogP contribution is 2.29. The van der Waals surface area contributed by atoms with E-state index in [0.29, 0.717) is 46.2 Å². The van der Waals surface area contributed by atoms with Crippen molar-refractivity contribution < 1.29 is 14.3 Å². The Hall–Kier alpha value is -3.36. The SMILES string of the molecule is COCCn1c(C)cc(C(=O)CSc2nc3ccccc3c(=O)n2-c2cc(C)ccc2OC)c1C.